The highest BCUT2D eigenvalue weighted by Crippen LogP contribution is 2.18. The number of hydrogen-bond donors (Lipinski definition) is 0. The van der Waals surface area contributed by atoms with Gasteiger partial charge in [0.15, 0.2) is 0 Å². The third kappa shape index (κ3) is 8.25. The number of nitrogens with zero attached hydrogens (tertiary/aromatic N) is 2. The van der Waals surface area contributed by atoms with E-state index in [1.807, 2.05) is 4.90 Å². The van der Waals surface area contributed by atoms with Gasteiger partial charge < -0.3 is 9.80 Å². The molecule has 122 valence electrons. The molecule has 1 aliphatic heterocycles. The Hall–Kier alpha value is -0.830. The number of rotatable bonds is 9. The van der Waals surface area contributed by atoms with Crippen molar-refractivity contribution in [3.63, 3.8) is 0 Å². The lowest BCUT2D eigenvalue weighted by atomic mass is 9.96. The van der Waals surface area contributed by atoms with Crippen LogP contribution in [0.3, 0.4) is 0 Å². The normalized spacial score (nSPS) is 17.0. The Balaban J connectivity index is 2.13. The van der Waals surface area contributed by atoms with E-state index in [1.165, 1.54) is 32.1 Å². The number of carbonyl (C=O) groups is 1. The average Bonchev–Trinajstić information content (AvgIpc) is 2.46. The summed E-state index contributed by atoms with van der Waals surface area (Å²) in [5, 5.41) is 0. The molecule has 0 atom stereocenters. The van der Waals surface area contributed by atoms with Crippen LogP contribution in [0, 0.1) is 5.92 Å². The fourth-order valence-corrected chi connectivity index (χ4v) is 3.01. The molecule has 1 rings (SSSR count). The van der Waals surface area contributed by atoms with E-state index in [0.717, 1.165) is 44.8 Å². The molecule has 0 N–H and O–H groups in total. The number of allylic oxidation sites excluding steroid dienone is 1. The Morgan fingerprint density at radius 3 is 2.43 bits per heavy atom. The molecule has 0 saturated carbocycles. The fraction of sp³-hybridized carbons (Fsp3) is 0.833. The van der Waals surface area contributed by atoms with E-state index in [9.17, 15) is 4.79 Å². The van der Waals surface area contributed by atoms with Crippen molar-refractivity contribution in [3.05, 3.63) is 12.2 Å². The van der Waals surface area contributed by atoms with Gasteiger partial charge in [-0.05, 0) is 51.8 Å². The first-order chi connectivity index (χ1) is 10.1. The zero-order valence-corrected chi connectivity index (χ0v) is 14.3. The maximum atomic E-state index is 12.1. The molecule has 1 fully saturated rings. The predicted molar refractivity (Wildman–Crippen MR) is 90.4 cm³/mol. The van der Waals surface area contributed by atoms with Crippen LogP contribution in [-0.4, -0.2) is 49.4 Å². The Kier molecular flexibility index (Phi) is 9.40. The number of unbranched alkanes of at least 4 members (excludes halogenated alkanes) is 5. The molecule has 1 amide bonds. The Morgan fingerprint density at radius 1 is 1.14 bits per heavy atom. The first kappa shape index (κ1) is 18.2. The van der Waals surface area contributed by atoms with Crippen LogP contribution in [-0.2, 0) is 4.79 Å². The molecule has 0 unspecified atom stereocenters. The van der Waals surface area contributed by atoms with Gasteiger partial charge in [0.05, 0.1) is 0 Å². The van der Waals surface area contributed by atoms with E-state index < -0.39 is 0 Å². The van der Waals surface area contributed by atoms with Crippen LogP contribution in [0.1, 0.15) is 58.3 Å². The first-order valence-electron chi connectivity index (χ1n) is 8.73. The molecule has 3 nitrogen and oxygen atoms in total. The minimum atomic E-state index is 0.215. The van der Waals surface area contributed by atoms with Crippen molar-refractivity contribution in [2.24, 2.45) is 5.92 Å². The molecule has 1 heterocycles. The van der Waals surface area contributed by atoms with E-state index in [2.05, 4.69) is 32.0 Å². The smallest absolute Gasteiger partial charge is 0.246 e. The van der Waals surface area contributed by atoms with Gasteiger partial charge in [-0.15, -0.1) is 0 Å². The number of amides is 1. The molecule has 0 aromatic carbocycles. The summed E-state index contributed by atoms with van der Waals surface area (Å²) in [5.41, 5.74) is 0. The summed E-state index contributed by atoms with van der Waals surface area (Å²) in [6.45, 7) is 5.24. The Bertz CT molecular complexity index is 304. The summed E-state index contributed by atoms with van der Waals surface area (Å²) >= 11 is 0. The third-order valence-corrected chi connectivity index (χ3v) is 4.28. The summed E-state index contributed by atoms with van der Waals surface area (Å²) in [5.74, 6) is 0.971. The highest BCUT2D eigenvalue weighted by atomic mass is 16.2. The third-order valence-electron chi connectivity index (χ3n) is 4.28. The van der Waals surface area contributed by atoms with Gasteiger partial charge in [-0.2, -0.15) is 0 Å². The highest BCUT2D eigenvalue weighted by Gasteiger charge is 2.21. The second-order valence-corrected chi connectivity index (χ2v) is 6.64. The lowest BCUT2D eigenvalue weighted by Gasteiger charge is -2.32. The van der Waals surface area contributed by atoms with Crippen molar-refractivity contribution in [1.29, 1.82) is 0 Å². The molecule has 0 aromatic rings. The standard InChI is InChI=1S/C18H34N2O/c1-4-5-6-7-8-9-10-11-18(21)20-14-12-17(13-15-20)16-19(2)3/h10-11,17H,4-9,12-16H2,1-3H3/b11-10+. The van der Waals surface area contributed by atoms with Gasteiger partial charge in [-0.3, -0.25) is 4.79 Å². The van der Waals surface area contributed by atoms with E-state index >= 15 is 0 Å². The minimum absolute atomic E-state index is 0.215. The van der Waals surface area contributed by atoms with Gasteiger partial charge >= 0.3 is 0 Å². The monoisotopic (exact) mass is 294 g/mol. The van der Waals surface area contributed by atoms with Gasteiger partial charge in [0.1, 0.15) is 0 Å². The summed E-state index contributed by atoms with van der Waals surface area (Å²) in [6.07, 6.45) is 13.7. The molecule has 1 aliphatic rings. The molecule has 21 heavy (non-hydrogen) atoms. The largest absolute Gasteiger partial charge is 0.339 e. The average molecular weight is 294 g/mol. The summed E-state index contributed by atoms with van der Waals surface area (Å²) in [6, 6.07) is 0. The maximum absolute atomic E-state index is 12.1. The van der Waals surface area contributed by atoms with Crippen molar-refractivity contribution < 1.29 is 4.79 Å². The second kappa shape index (κ2) is 10.8. The SMILES string of the molecule is CCCCCCC/C=C/C(=O)N1CCC(CN(C)C)CC1. The zero-order chi connectivity index (χ0) is 15.5. The molecule has 0 spiro atoms. The molecular weight excluding hydrogens is 260 g/mol. The fourth-order valence-electron chi connectivity index (χ4n) is 3.01. The minimum Gasteiger partial charge on any atom is -0.339 e. The Labute approximate surface area is 131 Å². The van der Waals surface area contributed by atoms with Crippen LogP contribution < -0.4 is 0 Å². The zero-order valence-electron chi connectivity index (χ0n) is 14.3. The molecular formula is C18H34N2O. The van der Waals surface area contributed by atoms with Gasteiger partial charge in [-0.25, -0.2) is 0 Å². The maximum Gasteiger partial charge on any atom is 0.246 e. The van der Waals surface area contributed by atoms with E-state index in [-0.39, 0.29) is 5.91 Å². The number of carbonyl (C=O) groups excluding carboxylic acids is 1. The highest BCUT2D eigenvalue weighted by molar-refractivity contribution is 5.87. The van der Waals surface area contributed by atoms with Crippen LogP contribution in [0.25, 0.3) is 0 Å². The molecule has 0 aromatic heterocycles. The molecule has 0 aliphatic carbocycles. The second-order valence-electron chi connectivity index (χ2n) is 6.64. The predicted octanol–water partition coefficient (Wildman–Crippen LogP) is 3.70. The first-order valence-corrected chi connectivity index (χ1v) is 8.73. The van der Waals surface area contributed by atoms with Gasteiger partial charge in [0, 0.05) is 19.6 Å². The van der Waals surface area contributed by atoms with Crippen molar-refractivity contribution in [3.8, 4) is 0 Å². The molecule has 0 bridgehead atoms. The Morgan fingerprint density at radius 2 is 1.81 bits per heavy atom. The summed E-state index contributed by atoms with van der Waals surface area (Å²) in [7, 11) is 4.25. The molecule has 0 radical (unpaired) electrons. The van der Waals surface area contributed by atoms with E-state index in [1.54, 1.807) is 6.08 Å². The molecule has 1 saturated heterocycles. The van der Waals surface area contributed by atoms with Gasteiger partial charge in [-0.1, -0.05) is 38.7 Å². The van der Waals surface area contributed by atoms with Gasteiger partial charge in [0.2, 0.25) is 5.91 Å². The van der Waals surface area contributed by atoms with Crippen molar-refractivity contribution in [2.45, 2.75) is 58.3 Å². The van der Waals surface area contributed by atoms with Crippen LogP contribution >= 0.6 is 0 Å². The van der Waals surface area contributed by atoms with Crippen molar-refractivity contribution in [2.75, 3.05) is 33.7 Å². The van der Waals surface area contributed by atoms with E-state index in [0.29, 0.717) is 0 Å². The quantitative estimate of drug-likeness (QED) is 0.478. The number of piperidine rings is 1. The summed E-state index contributed by atoms with van der Waals surface area (Å²) < 4.78 is 0. The number of hydrogen-bond acceptors (Lipinski definition) is 2. The lowest BCUT2D eigenvalue weighted by Crippen LogP contribution is -2.39. The van der Waals surface area contributed by atoms with Gasteiger partial charge in [0.25, 0.3) is 0 Å². The van der Waals surface area contributed by atoms with Crippen molar-refractivity contribution in [1.82, 2.24) is 9.80 Å². The summed E-state index contributed by atoms with van der Waals surface area (Å²) in [4.78, 5) is 16.4. The van der Waals surface area contributed by atoms with E-state index in [4.69, 9.17) is 0 Å². The lowest BCUT2D eigenvalue weighted by molar-refractivity contribution is -0.127. The topological polar surface area (TPSA) is 23.6 Å². The van der Waals surface area contributed by atoms with Crippen LogP contribution in [0.2, 0.25) is 0 Å². The van der Waals surface area contributed by atoms with Crippen molar-refractivity contribution >= 4 is 5.91 Å². The molecule has 3 heteroatoms. The van der Waals surface area contributed by atoms with Crippen LogP contribution in [0.4, 0.5) is 0 Å². The van der Waals surface area contributed by atoms with Crippen LogP contribution in [0.5, 0.6) is 0 Å². The van der Waals surface area contributed by atoms with Crippen LogP contribution in [0.15, 0.2) is 12.2 Å². The number of likely N-dealkylation sites (tertiary alicyclic amines) is 1.